The van der Waals surface area contributed by atoms with Gasteiger partial charge in [-0.1, -0.05) is 0 Å². The maximum Gasteiger partial charge on any atom is 0.130 e. The van der Waals surface area contributed by atoms with Crippen molar-refractivity contribution in [3.8, 4) is 5.75 Å². The molecule has 0 fully saturated rings. The Labute approximate surface area is 109 Å². The zero-order chi connectivity index (χ0) is 12.3. The van der Waals surface area contributed by atoms with Crippen molar-refractivity contribution < 1.29 is 4.74 Å². The minimum Gasteiger partial charge on any atom is -0.487 e. The molecule has 0 spiro atoms. The Bertz CT molecular complexity index is 511. The van der Waals surface area contributed by atoms with Crippen LogP contribution in [-0.4, -0.2) is 4.98 Å². The first-order chi connectivity index (χ1) is 8.15. The molecule has 0 aliphatic rings. The third-order valence-corrected chi connectivity index (χ3v) is 2.83. The number of benzene rings is 1. The van der Waals surface area contributed by atoms with E-state index in [0.717, 1.165) is 27.2 Å². The van der Waals surface area contributed by atoms with Crippen LogP contribution in [0.3, 0.4) is 0 Å². The Morgan fingerprint density at radius 3 is 2.76 bits per heavy atom. The van der Waals surface area contributed by atoms with Crippen molar-refractivity contribution in [1.82, 2.24) is 4.98 Å². The van der Waals surface area contributed by atoms with E-state index in [1.807, 2.05) is 37.3 Å². The molecule has 2 aromatic rings. The summed E-state index contributed by atoms with van der Waals surface area (Å²) >= 11 is 3.34. The van der Waals surface area contributed by atoms with E-state index in [1.54, 1.807) is 6.20 Å². The van der Waals surface area contributed by atoms with Crippen LogP contribution in [-0.2, 0) is 6.61 Å². The Morgan fingerprint density at radius 1 is 1.29 bits per heavy atom. The van der Waals surface area contributed by atoms with Gasteiger partial charge >= 0.3 is 0 Å². The van der Waals surface area contributed by atoms with E-state index in [0.29, 0.717) is 6.61 Å². The summed E-state index contributed by atoms with van der Waals surface area (Å²) in [5, 5.41) is 0. The second-order valence-electron chi connectivity index (χ2n) is 3.78. The fourth-order valence-electron chi connectivity index (χ4n) is 1.48. The second kappa shape index (κ2) is 5.19. The Hall–Kier alpha value is -1.55. The van der Waals surface area contributed by atoms with Crippen molar-refractivity contribution in [2.75, 3.05) is 5.73 Å². The number of aromatic nitrogens is 1. The molecule has 1 heterocycles. The van der Waals surface area contributed by atoms with Gasteiger partial charge in [0, 0.05) is 16.4 Å². The number of pyridine rings is 1. The summed E-state index contributed by atoms with van der Waals surface area (Å²) in [5.74, 6) is 0.837. The summed E-state index contributed by atoms with van der Waals surface area (Å²) in [4.78, 5) is 4.24. The number of halogens is 1. The van der Waals surface area contributed by atoms with Crippen LogP contribution in [0, 0.1) is 6.92 Å². The average Bonchev–Trinajstić information content (AvgIpc) is 2.30. The lowest BCUT2D eigenvalue weighted by molar-refractivity contribution is 0.299. The third-order valence-electron chi connectivity index (χ3n) is 2.36. The molecule has 0 radical (unpaired) electrons. The Kier molecular flexibility index (Phi) is 3.64. The number of ether oxygens (including phenoxy) is 1. The Balaban J connectivity index is 2.04. The molecule has 0 aliphatic carbocycles. The highest BCUT2D eigenvalue weighted by molar-refractivity contribution is 9.10. The highest BCUT2D eigenvalue weighted by Gasteiger charge is 2.01. The topological polar surface area (TPSA) is 48.1 Å². The molecule has 4 heteroatoms. The SMILES string of the molecule is Cc1cc(N)ccc1OCc1ccc(Br)cn1. The number of nitrogens with two attached hydrogens (primary N) is 1. The van der Waals surface area contributed by atoms with Gasteiger partial charge in [-0.3, -0.25) is 4.98 Å². The van der Waals surface area contributed by atoms with Gasteiger partial charge in [-0.15, -0.1) is 0 Å². The van der Waals surface area contributed by atoms with E-state index >= 15 is 0 Å². The van der Waals surface area contributed by atoms with E-state index in [9.17, 15) is 0 Å². The standard InChI is InChI=1S/C13H13BrN2O/c1-9-6-11(15)3-5-13(9)17-8-12-4-2-10(14)7-16-12/h2-7H,8,15H2,1H3. The van der Waals surface area contributed by atoms with Crippen LogP contribution in [0.25, 0.3) is 0 Å². The second-order valence-corrected chi connectivity index (χ2v) is 4.70. The third kappa shape index (κ3) is 3.20. The van der Waals surface area contributed by atoms with E-state index in [4.69, 9.17) is 10.5 Å². The highest BCUT2D eigenvalue weighted by atomic mass is 79.9. The van der Waals surface area contributed by atoms with E-state index in [-0.39, 0.29) is 0 Å². The fourth-order valence-corrected chi connectivity index (χ4v) is 1.71. The molecule has 88 valence electrons. The number of hydrogen-bond donors (Lipinski definition) is 1. The largest absolute Gasteiger partial charge is 0.487 e. The molecule has 2 rings (SSSR count). The molecule has 0 amide bonds. The first-order valence-electron chi connectivity index (χ1n) is 5.24. The molecule has 0 saturated carbocycles. The zero-order valence-electron chi connectivity index (χ0n) is 9.48. The number of nitrogens with zero attached hydrogens (tertiary/aromatic N) is 1. The van der Waals surface area contributed by atoms with E-state index < -0.39 is 0 Å². The minimum atomic E-state index is 0.456. The van der Waals surface area contributed by atoms with Crippen molar-refractivity contribution in [1.29, 1.82) is 0 Å². The predicted molar refractivity (Wildman–Crippen MR) is 71.9 cm³/mol. The minimum absolute atomic E-state index is 0.456. The van der Waals surface area contributed by atoms with Gasteiger partial charge in [-0.25, -0.2) is 0 Å². The molecule has 0 bridgehead atoms. The van der Waals surface area contributed by atoms with Crippen molar-refractivity contribution in [2.45, 2.75) is 13.5 Å². The average molecular weight is 293 g/mol. The molecular weight excluding hydrogens is 280 g/mol. The molecule has 1 aromatic heterocycles. The van der Waals surface area contributed by atoms with Gasteiger partial charge in [0.05, 0.1) is 5.69 Å². The quantitative estimate of drug-likeness (QED) is 0.883. The summed E-state index contributed by atoms with van der Waals surface area (Å²) in [7, 11) is 0. The number of anilines is 1. The molecule has 0 atom stereocenters. The number of aryl methyl sites for hydroxylation is 1. The monoisotopic (exact) mass is 292 g/mol. The van der Waals surface area contributed by atoms with Crippen LogP contribution < -0.4 is 10.5 Å². The van der Waals surface area contributed by atoms with Gasteiger partial charge in [-0.05, 0) is 58.7 Å². The molecule has 17 heavy (non-hydrogen) atoms. The number of rotatable bonds is 3. The number of nitrogen functional groups attached to an aromatic ring is 1. The van der Waals surface area contributed by atoms with Crippen LogP contribution in [0.2, 0.25) is 0 Å². The first-order valence-corrected chi connectivity index (χ1v) is 6.04. The zero-order valence-corrected chi connectivity index (χ0v) is 11.1. The lowest BCUT2D eigenvalue weighted by Crippen LogP contribution is -1.99. The Morgan fingerprint density at radius 2 is 2.12 bits per heavy atom. The molecule has 0 aliphatic heterocycles. The van der Waals surface area contributed by atoms with Crippen LogP contribution >= 0.6 is 15.9 Å². The highest BCUT2D eigenvalue weighted by Crippen LogP contribution is 2.21. The summed E-state index contributed by atoms with van der Waals surface area (Å²) < 4.78 is 6.65. The smallest absolute Gasteiger partial charge is 0.130 e. The van der Waals surface area contributed by atoms with Crippen molar-refractivity contribution in [3.63, 3.8) is 0 Å². The van der Waals surface area contributed by atoms with Gasteiger partial charge in [0.15, 0.2) is 0 Å². The molecule has 1 aromatic carbocycles. The summed E-state index contributed by atoms with van der Waals surface area (Å²) in [6, 6.07) is 9.48. The van der Waals surface area contributed by atoms with Crippen LogP contribution in [0.15, 0.2) is 41.0 Å². The summed E-state index contributed by atoms with van der Waals surface area (Å²) in [6.45, 7) is 2.43. The number of hydrogen-bond acceptors (Lipinski definition) is 3. The van der Waals surface area contributed by atoms with Crippen LogP contribution in [0.4, 0.5) is 5.69 Å². The van der Waals surface area contributed by atoms with Crippen molar-refractivity contribution in [3.05, 3.63) is 52.3 Å². The van der Waals surface area contributed by atoms with Gasteiger partial charge in [0.1, 0.15) is 12.4 Å². The van der Waals surface area contributed by atoms with Gasteiger partial charge < -0.3 is 10.5 Å². The van der Waals surface area contributed by atoms with E-state index in [1.165, 1.54) is 0 Å². The first kappa shape index (κ1) is 11.9. The fraction of sp³-hybridized carbons (Fsp3) is 0.154. The van der Waals surface area contributed by atoms with Crippen LogP contribution in [0.1, 0.15) is 11.3 Å². The van der Waals surface area contributed by atoms with Crippen molar-refractivity contribution >= 4 is 21.6 Å². The van der Waals surface area contributed by atoms with Gasteiger partial charge in [-0.2, -0.15) is 0 Å². The molecule has 3 nitrogen and oxygen atoms in total. The lowest BCUT2D eigenvalue weighted by Gasteiger charge is -2.09. The lowest BCUT2D eigenvalue weighted by atomic mass is 10.2. The molecular formula is C13H13BrN2O. The van der Waals surface area contributed by atoms with Crippen molar-refractivity contribution in [2.24, 2.45) is 0 Å². The van der Waals surface area contributed by atoms with E-state index in [2.05, 4.69) is 20.9 Å². The van der Waals surface area contributed by atoms with Crippen LogP contribution in [0.5, 0.6) is 5.75 Å². The van der Waals surface area contributed by atoms with Gasteiger partial charge in [0.25, 0.3) is 0 Å². The van der Waals surface area contributed by atoms with Gasteiger partial charge in [0.2, 0.25) is 0 Å². The summed E-state index contributed by atoms with van der Waals surface area (Å²) in [6.07, 6.45) is 1.76. The maximum absolute atomic E-state index is 5.68. The summed E-state index contributed by atoms with van der Waals surface area (Å²) in [5.41, 5.74) is 8.35. The maximum atomic E-state index is 5.68. The molecule has 0 unspecified atom stereocenters. The molecule has 0 saturated heterocycles. The normalized spacial score (nSPS) is 10.2. The molecule has 2 N–H and O–H groups in total. The predicted octanol–water partition coefficient (Wildman–Crippen LogP) is 3.31.